The van der Waals surface area contributed by atoms with Gasteiger partial charge in [-0.3, -0.25) is 10.1 Å². The van der Waals surface area contributed by atoms with Gasteiger partial charge in [-0.05, 0) is 50.3 Å². The summed E-state index contributed by atoms with van der Waals surface area (Å²) in [6, 6.07) is 4.95. The minimum absolute atomic E-state index is 0.0754. The average molecular weight is 445 g/mol. The maximum Gasteiger partial charge on any atom is 0.416 e. The lowest BCUT2D eigenvalue weighted by molar-refractivity contribution is -0.137. The van der Waals surface area contributed by atoms with Gasteiger partial charge < -0.3 is 4.90 Å². The zero-order valence-corrected chi connectivity index (χ0v) is 17.2. The van der Waals surface area contributed by atoms with E-state index in [0.717, 1.165) is 50.9 Å². The first-order valence-electron chi connectivity index (χ1n) is 10.6. The minimum Gasteiger partial charge on any atom is -0.340 e. The molecule has 1 saturated carbocycles. The van der Waals surface area contributed by atoms with E-state index in [9.17, 15) is 18.0 Å². The molecule has 2 fully saturated rings. The van der Waals surface area contributed by atoms with Crippen molar-refractivity contribution in [3.63, 3.8) is 0 Å². The predicted octanol–water partition coefficient (Wildman–Crippen LogP) is 4.13. The molecule has 32 heavy (non-hydrogen) atoms. The topological polar surface area (TPSA) is 91.7 Å². The fraction of sp³-hybridized carbons (Fsp3) is 0.429. The molecule has 3 aromatic rings. The number of benzene rings is 1. The molecule has 0 spiro atoms. The zero-order valence-electron chi connectivity index (χ0n) is 17.2. The molecule has 1 amide bonds. The number of aromatic nitrogens is 5. The minimum atomic E-state index is -4.46. The fourth-order valence-corrected chi connectivity index (χ4v) is 4.02. The van der Waals surface area contributed by atoms with Crippen molar-refractivity contribution in [2.45, 2.75) is 44.2 Å². The molecule has 0 unspecified atom stereocenters. The second-order valence-electron chi connectivity index (χ2n) is 8.16. The summed E-state index contributed by atoms with van der Waals surface area (Å²) in [6.45, 7) is 1.75. The molecule has 5 rings (SSSR count). The molecule has 168 valence electrons. The number of anilines is 2. The molecule has 3 heterocycles. The SMILES string of the molecule is O=C(Nc1nc(N2CCCCC2)n[nH]1)c1cnn(-c2cccc(C(F)(F)F)c2)c1C1CC1. The molecule has 11 heteroatoms. The van der Waals surface area contributed by atoms with E-state index >= 15 is 0 Å². The second kappa shape index (κ2) is 7.95. The lowest BCUT2D eigenvalue weighted by atomic mass is 10.1. The molecule has 1 aromatic carbocycles. The summed E-state index contributed by atoms with van der Waals surface area (Å²) in [5.74, 6) is 0.420. The summed E-state index contributed by atoms with van der Waals surface area (Å²) in [7, 11) is 0. The largest absolute Gasteiger partial charge is 0.416 e. The molecule has 0 radical (unpaired) electrons. The van der Waals surface area contributed by atoms with Gasteiger partial charge in [0.1, 0.15) is 0 Å². The molecule has 0 atom stereocenters. The van der Waals surface area contributed by atoms with Crippen molar-refractivity contribution in [2.24, 2.45) is 0 Å². The summed E-state index contributed by atoms with van der Waals surface area (Å²) < 4.78 is 40.9. The van der Waals surface area contributed by atoms with E-state index in [4.69, 9.17) is 0 Å². The Morgan fingerprint density at radius 2 is 1.94 bits per heavy atom. The Hall–Kier alpha value is -3.37. The van der Waals surface area contributed by atoms with Gasteiger partial charge >= 0.3 is 6.18 Å². The third kappa shape index (κ3) is 4.06. The first-order chi connectivity index (χ1) is 15.4. The van der Waals surface area contributed by atoms with E-state index < -0.39 is 17.6 Å². The summed E-state index contributed by atoms with van der Waals surface area (Å²) in [5, 5.41) is 13.9. The van der Waals surface area contributed by atoms with Crippen LogP contribution in [0, 0.1) is 0 Å². The van der Waals surface area contributed by atoms with Crippen molar-refractivity contribution in [3.8, 4) is 5.69 Å². The number of nitrogens with one attached hydrogen (secondary N) is 2. The van der Waals surface area contributed by atoms with Crippen LogP contribution >= 0.6 is 0 Å². The number of carbonyl (C=O) groups excluding carboxylic acids is 1. The molecule has 1 aliphatic carbocycles. The molecule has 2 aliphatic rings. The molecule has 0 bridgehead atoms. The Bertz CT molecular complexity index is 1130. The second-order valence-corrected chi connectivity index (χ2v) is 8.16. The Kier molecular flexibility index (Phi) is 5.10. The molecule has 1 aliphatic heterocycles. The number of alkyl halides is 3. The number of H-pyrrole nitrogens is 1. The maximum absolute atomic E-state index is 13.2. The smallest absolute Gasteiger partial charge is 0.340 e. The van der Waals surface area contributed by atoms with Gasteiger partial charge in [0.15, 0.2) is 0 Å². The first kappa shape index (κ1) is 20.5. The highest BCUT2D eigenvalue weighted by Crippen LogP contribution is 2.43. The van der Waals surface area contributed by atoms with E-state index in [1.54, 1.807) is 6.07 Å². The van der Waals surface area contributed by atoms with Crippen LogP contribution in [0.1, 0.15) is 59.6 Å². The van der Waals surface area contributed by atoms with Crippen molar-refractivity contribution in [1.29, 1.82) is 0 Å². The normalized spacial score (nSPS) is 16.9. The van der Waals surface area contributed by atoms with Crippen LogP contribution in [0.4, 0.5) is 25.1 Å². The Morgan fingerprint density at radius 1 is 1.16 bits per heavy atom. The molecule has 2 aromatic heterocycles. The van der Waals surface area contributed by atoms with Gasteiger partial charge in [-0.2, -0.15) is 23.3 Å². The fourth-order valence-electron chi connectivity index (χ4n) is 4.02. The molecule has 1 saturated heterocycles. The number of piperidine rings is 1. The average Bonchev–Trinajstić information content (AvgIpc) is 3.35. The number of rotatable bonds is 5. The van der Waals surface area contributed by atoms with Gasteiger partial charge in [0.05, 0.1) is 28.7 Å². The van der Waals surface area contributed by atoms with Crippen LogP contribution in [0.2, 0.25) is 0 Å². The summed E-state index contributed by atoms with van der Waals surface area (Å²) in [6.07, 6.45) is 1.99. The van der Waals surface area contributed by atoms with Gasteiger partial charge in [0.25, 0.3) is 5.91 Å². The maximum atomic E-state index is 13.2. The van der Waals surface area contributed by atoms with Gasteiger partial charge in [-0.15, -0.1) is 5.10 Å². The van der Waals surface area contributed by atoms with Gasteiger partial charge in [0.2, 0.25) is 11.9 Å². The van der Waals surface area contributed by atoms with Crippen molar-refractivity contribution in [3.05, 3.63) is 47.3 Å². The monoisotopic (exact) mass is 445 g/mol. The van der Waals surface area contributed by atoms with E-state index in [0.29, 0.717) is 17.2 Å². The van der Waals surface area contributed by atoms with Gasteiger partial charge in [0, 0.05) is 19.0 Å². The Labute approximate surface area is 181 Å². The van der Waals surface area contributed by atoms with Crippen molar-refractivity contribution in [1.82, 2.24) is 25.0 Å². The van der Waals surface area contributed by atoms with E-state index in [-0.39, 0.29) is 17.6 Å². The summed E-state index contributed by atoms with van der Waals surface area (Å²) in [4.78, 5) is 19.4. The molecule has 8 nitrogen and oxygen atoms in total. The van der Waals surface area contributed by atoms with E-state index in [1.807, 2.05) is 0 Å². The molecular weight excluding hydrogens is 423 g/mol. The number of aromatic amines is 1. The van der Waals surface area contributed by atoms with Crippen LogP contribution in [0.25, 0.3) is 5.69 Å². The van der Waals surface area contributed by atoms with Crippen LogP contribution < -0.4 is 10.2 Å². The number of halogens is 3. The summed E-state index contributed by atoms with van der Waals surface area (Å²) in [5.41, 5.74) is 0.441. The van der Waals surface area contributed by atoms with Crippen LogP contribution in [-0.2, 0) is 6.18 Å². The van der Waals surface area contributed by atoms with Crippen molar-refractivity contribution in [2.75, 3.05) is 23.3 Å². The van der Waals surface area contributed by atoms with Gasteiger partial charge in [-0.25, -0.2) is 9.78 Å². The third-order valence-corrected chi connectivity index (χ3v) is 5.78. The quantitative estimate of drug-likeness (QED) is 0.616. The number of hydrogen-bond donors (Lipinski definition) is 2. The van der Waals surface area contributed by atoms with E-state index in [1.165, 1.54) is 23.4 Å². The summed E-state index contributed by atoms with van der Waals surface area (Å²) >= 11 is 0. The first-order valence-corrected chi connectivity index (χ1v) is 10.6. The van der Waals surface area contributed by atoms with Crippen LogP contribution in [-0.4, -0.2) is 44.0 Å². The number of amides is 1. The molecular formula is C21H22F3N7O. The standard InChI is InChI=1S/C21H22F3N7O/c22-21(23,24)14-5-4-6-15(11-14)31-17(13-7-8-13)16(12-25-31)18(32)26-19-27-20(29-28-19)30-9-2-1-3-10-30/h4-6,11-13H,1-3,7-10H2,(H2,26,27,28,29,32). The highest BCUT2D eigenvalue weighted by Gasteiger charge is 2.34. The predicted molar refractivity (Wildman–Crippen MR) is 111 cm³/mol. The lowest BCUT2D eigenvalue weighted by Gasteiger charge is -2.24. The van der Waals surface area contributed by atoms with Crippen LogP contribution in [0.15, 0.2) is 30.5 Å². The van der Waals surface area contributed by atoms with Crippen molar-refractivity contribution < 1.29 is 18.0 Å². The highest BCUT2D eigenvalue weighted by atomic mass is 19.4. The Morgan fingerprint density at radius 3 is 2.66 bits per heavy atom. The lowest BCUT2D eigenvalue weighted by Crippen LogP contribution is -2.30. The Balaban J connectivity index is 1.40. The van der Waals surface area contributed by atoms with E-state index in [2.05, 4.69) is 30.5 Å². The third-order valence-electron chi connectivity index (χ3n) is 5.78. The highest BCUT2D eigenvalue weighted by molar-refractivity contribution is 6.04. The van der Waals surface area contributed by atoms with Gasteiger partial charge in [-0.1, -0.05) is 6.07 Å². The number of carbonyl (C=O) groups is 1. The zero-order chi connectivity index (χ0) is 22.3. The van der Waals surface area contributed by atoms with Crippen LogP contribution in [0.5, 0.6) is 0 Å². The number of hydrogen-bond acceptors (Lipinski definition) is 5. The van der Waals surface area contributed by atoms with Crippen LogP contribution in [0.3, 0.4) is 0 Å². The number of nitrogens with zero attached hydrogens (tertiary/aromatic N) is 5. The van der Waals surface area contributed by atoms with Crippen molar-refractivity contribution >= 4 is 17.8 Å². The molecule has 2 N–H and O–H groups in total.